The van der Waals surface area contributed by atoms with Gasteiger partial charge in [-0.05, 0) is 48.9 Å². The Morgan fingerprint density at radius 2 is 2.05 bits per heavy atom. The number of nitrogens with zero attached hydrogens (tertiary/aromatic N) is 1. The van der Waals surface area contributed by atoms with Crippen molar-refractivity contribution in [2.75, 3.05) is 13.2 Å². The maximum absolute atomic E-state index is 13.5. The van der Waals surface area contributed by atoms with Gasteiger partial charge in [0.25, 0.3) is 0 Å². The van der Waals surface area contributed by atoms with E-state index in [1.54, 1.807) is 0 Å². The zero-order valence-electron chi connectivity index (χ0n) is 12.0. The minimum absolute atomic E-state index is 0.267. The fourth-order valence-electron chi connectivity index (χ4n) is 2.93. The van der Waals surface area contributed by atoms with E-state index >= 15 is 0 Å². The van der Waals surface area contributed by atoms with Crippen LogP contribution >= 0.6 is 0 Å². The third kappa shape index (κ3) is 4.22. The van der Waals surface area contributed by atoms with Crippen molar-refractivity contribution in [3.8, 4) is 0 Å². The van der Waals surface area contributed by atoms with Crippen molar-refractivity contribution in [2.24, 2.45) is 17.6 Å². The van der Waals surface area contributed by atoms with Crippen LogP contribution in [0.2, 0.25) is 0 Å². The first kappa shape index (κ1) is 15.9. The summed E-state index contributed by atoms with van der Waals surface area (Å²) in [5.41, 5.74) is 5.88. The Hall–Kier alpha value is -1.53. The zero-order valence-corrected chi connectivity index (χ0v) is 12.0. The van der Waals surface area contributed by atoms with Gasteiger partial charge in [0.15, 0.2) is 0 Å². The normalized spacial score (nSPS) is 22.2. The van der Waals surface area contributed by atoms with Crippen LogP contribution in [0.25, 0.3) is 0 Å². The molecule has 0 bridgehead atoms. The van der Waals surface area contributed by atoms with E-state index in [1.165, 1.54) is 31.0 Å². The molecule has 2 rings (SSSR count). The van der Waals surface area contributed by atoms with Gasteiger partial charge >= 0.3 is 5.69 Å². The van der Waals surface area contributed by atoms with E-state index in [0.29, 0.717) is 30.6 Å². The monoisotopic (exact) mass is 296 g/mol. The summed E-state index contributed by atoms with van der Waals surface area (Å²) in [6.45, 7) is 1.56. The fraction of sp³-hybridized carbons (Fsp3) is 0.600. The molecule has 2 unspecified atom stereocenters. The molecule has 0 heterocycles. The topological polar surface area (TPSA) is 78.4 Å². The molecule has 2 atom stereocenters. The predicted octanol–water partition coefficient (Wildman–Crippen LogP) is 3.02. The highest BCUT2D eigenvalue weighted by molar-refractivity contribution is 5.34. The smallest absolute Gasteiger partial charge is 0.304 e. The summed E-state index contributed by atoms with van der Waals surface area (Å²) < 4.78 is 19.1. The predicted molar refractivity (Wildman–Crippen MR) is 77.2 cm³/mol. The third-order valence-corrected chi connectivity index (χ3v) is 4.18. The summed E-state index contributed by atoms with van der Waals surface area (Å²) in [6, 6.07) is 3.87. The molecule has 1 saturated carbocycles. The van der Waals surface area contributed by atoms with Gasteiger partial charge in [-0.1, -0.05) is 12.8 Å². The molecule has 0 amide bonds. The number of rotatable bonds is 6. The molecule has 6 heteroatoms. The minimum Gasteiger partial charge on any atom is -0.376 e. The second kappa shape index (κ2) is 7.47. The Morgan fingerprint density at radius 3 is 2.67 bits per heavy atom. The van der Waals surface area contributed by atoms with Crippen LogP contribution < -0.4 is 5.73 Å². The number of ether oxygens (including phenoxy) is 1. The van der Waals surface area contributed by atoms with Gasteiger partial charge in [-0.3, -0.25) is 10.1 Å². The molecule has 1 aromatic rings. The summed E-state index contributed by atoms with van der Waals surface area (Å²) in [5.74, 6) is 0.151. The van der Waals surface area contributed by atoms with Crippen LogP contribution in [0.15, 0.2) is 18.2 Å². The molecule has 0 saturated heterocycles. The molecule has 1 aromatic carbocycles. The summed E-state index contributed by atoms with van der Waals surface area (Å²) >= 11 is 0. The SMILES string of the molecule is NCC1CCCCC1COCc1ccc([N+](=O)[O-])c(F)c1. The zero-order chi connectivity index (χ0) is 15.2. The average Bonchev–Trinajstić information content (AvgIpc) is 2.47. The lowest BCUT2D eigenvalue weighted by molar-refractivity contribution is -0.387. The van der Waals surface area contributed by atoms with Crippen molar-refractivity contribution in [1.29, 1.82) is 0 Å². The molecule has 0 radical (unpaired) electrons. The van der Waals surface area contributed by atoms with Crippen LogP contribution in [0.5, 0.6) is 0 Å². The van der Waals surface area contributed by atoms with Crippen LogP contribution in [-0.2, 0) is 11.3 Å². The Balaban J connectivity index is 1.85. The molecule has 1 fully saturated rings. The van der Waals surface area contributed by atoms with Gasteiger partial charge in [0.2, 0.25) is 5.82 Å². The highest BCUT2D eigenvalue weighted by atomic mass is 19.1. The number of benzene rings is 1. The largest absolute Gasteiger partial charge is 0.376 e. The molecule has 0 aromatic heterocycles. The molecule has 1 aliphatic rings. The standard InChI is InChI=1S/C15H21FN2O3/c16-14-7-11(5-6-15(14)18(19)20)9-21-10-13-4-2-1-3-12(13)8-17/h5-7,12-13H,1-4,8-10,17H2. The van der Waals surface area contributed by atoms with Gasteiger partial charge in [-0.25, -0.2) is 0 Å². The van der Waals surface area contributed by atoms with E-state index in [4.69, 9.17) is 10.5 Å². The number of hydrogen-bond donors (Lipinski definition) is 1. The van der Waals surface area contributed by atoms with Crippen LogP contribution in [0.3, 0.4) is 0 Å². The van der Waals surface area contributed by atoms with Gasteiger partial charge in [0.1, 0.15) is 0 Å². The van der Waals surface area contributed by atoms with Crippen molar-refractivity contribution in [3.05, 3.63) is 39.7 Å². The van der Waals surface area contributed by atoms with Gasteiger partial charge in [-0.2, -0.15) is 4.39 Å². The van der Waals surface area contributed by atoms with E-state index in [-0.39, 0.29) is 6.61 Å². The van der Waals surface area contributed by atoms with Crippen LogP contribution in [-0.4, -0.2) is 18.1 Å². The fourth-order valence-corrected chi connectivity index (χ4v) is 2.93. The maximum atomic E-state index is 13.5. The first-order chi connectivity index (χ1) is 10.1. The van der Waals surface area contributed by atoms with Gasteiger partial charge < -0.3 is 10.5 Å². The Bertz CT molecular complexity index is 496. The highest BCUT2D eigenvalue weighted by Crippen LogP contribution is 2.29. The van der Waals surface area contributed by atoms with Crippen molar-refractivity contribution < 1.29 is 14.1 Å². The molecule has 21 heavy (non-hydrogen) atoms. The summed E-state index contributed by atoms with van der Waals surface area (Å²) in [6.07, 6.45) is 4.70. The molecule has 0 aliphatic heterocycles. The lowest BCUT2D eigenvalue weighted by Crippen LogP contribution is -2.29. The van der Waals surface area contributed by atoms with Gasteiger partial charge in [-0.15, -0.1) is 0 Å². The molecule has 0 spiro atoms. The number of nitro benzene ring substituents is 1. The van der Waals surface area contributed by atoms with Crippen molar-refractivity contribution >= 4 is 5.69 Å². The third-order valence-electron chi connectivity index (χ3n) is 4.18. The summed E-state index contributed by atoms with van der Waals surface area (Å²) in [5, 5.41) is 10.5. The van der Waals surface area contributed by atoms with E-state index in [2.05, 4.69) is 0 Å². The van der Waals surface area contributed by atoms with E-state index in [9.17, 15) is 14.5 Å². The number of halogens is 1. The van der Waals surface area contributed by atoms with E-state index in [1.807, 2.05) is 0 Å². The maximum Gasteiger partial charge on any atom is 0.304 e. The lowest BCUT2D eigenvalue weighted by Gasteiger charge is -2.30. The highest BCUT2D eigenvalue weighted by Gasteiger charge is 2.24. The Morgan fingerprint density at radius 1 is 1.33 bits per heavy atom. The van der Waals surface area contributed by atoms with E-state index < -0.39 is 16.4 Å². The van der Waals surface area contributed by atoms with Crippen molar-refractivity contribution in [3.63, 3.8) is 0 Å². The first-order valence-corrected chi connectivity index (χ1v) is 7.32. The molecule has 116 valence electrons. The van der Waals surface area contributed by atoms with E-state index in [0.717, 1.165) is 12.8 Å². The first-order valence-electron chi connectivity index (χ1n) is 7.32. The second-order valence-electron chi connectivity index (χ2n) is 5.60. The molecular weight excluding hydrogens is 275 g/mol. The molecular formula is C15H21FN2O3. The average molecular weight is 296 g/mol. The second-order valence-corrected chi connectivity index (χ2v) is 5.60. The molecule has 1 aliphatic carbocycles. The van der Waals surface area contributed by atoms with Crippen LogP contribution in [0.1, 0.15) is 31.2 Å². The minimum atomic E-state index is -0.821. The summed E-state index contributed by atoms with van der Waals surface area (Å²) in [7, 11) is 0. The quantitative estimate of drug-likeness (QED) is 0.646. The van der Waals surface area contributed by atoms with Crippen LogP contribution in [0, 0.1) is 27.8 Å². The summed E-state index contributed by atoms with van der Waals surface area (Å²) in [4.78, 5) is 9.82. The van der Waals surface area contributed by atoms with Gasteiger partial charge in [0, 0.05) is 6.07 Å². The number of nitrogens with two attached hydrogens (primary N) is 1. The Kier molecular flexibility index (Phi) is 5.64. The number of hydrogen-bond acceptors (Lipinski definition) is 4. The molecule has 5 nitrogen and oxygen atoms in total. The molecule has 2 N–H and O–H groups in total. The lowest BCUT2D eigenvalue weighted by atomic mass is 9.80. The van der Waals surface area contributed by atoms with Crippen molar-refractivity contribution in [1.82, 2.24) is 0 Å². The Labute approximate surface area is 123 Å². The van der Waals surface area contributed by atoms with Gasteiger partial charge in [0.05, 0.1) is 18.1 Å². The number of nitro groups is 1. The van der Waals surface area contributed by atoms with Crippen LogP contribution in [0.4, 0.5) is 10.1 Å². The van der Waals surface area contributed by atoms with Crippen molar-refractivity contribution in [2.45, 2.75) is 32.3 Å².